The molecule has 2 unspecified atom stereocenters. The molecule has 0 bridgehead atoms. The van der Waals surface area contributed by atoms with Crippen molar-refractivity contribution >= 4 is 47.3 Å². The molecule has 5 heterocycles. The number of nitrogens with one attached hydrogen (secondary N) is 1. The fourth-order valence-corrected chi connectivity index (χ4v) is 5.71. The molecule has 4 amide bonds. The molecule has 2 saturated heterocycles. The maximum atomic E-state index is 13.3. The standard InChI is InChI=1S/C25H26F3N9O3S/c1-4-5-8-36-22(39)18-19(34(3)24(36)40)31-13-37(18)14(2)20(38)32-17-12-41-21(33-17)15-10-29-23(30-11-15)35-9-6-7-16(35)25(26,27)28/h10-14,16,18-19H,6-9H2,1-3H3,(H,32,38)/t14-,16+,18?,19?/m0/s1. The van der Waals surface area contributed by atoms with E-state index in [1.54, 1.807) is 19.2 Å². The number of thiazole rings is 1. The first-order chi connectivity index (χ1) is 19.5. The van der Waals surface area contributed by atoms with E-state index in [9.17, 15) is 27.6 Å². The molecule has 3 aliphatic heterocycles. The lowest BCUT2D eigenvalue weighted by atomic mass is 10.1. The Kier molecular flexibility index (Phi) is 7.56. The Labute approximate surface area is 237 Å². The van der Waals surface area contributed by atoms with Crippen molar-refractivity contribution in [2.75, 3.05) is 30.4 Å². The van der Waals surface area contributed by atoms with Crippen LogP contribution in [0.25, 0.3) is 10.6 Å². The molecule has 0 saturated carbocycles. The van der Waals surface area contributed by atoms with Gasteiger partial charge in [0.15, 0.2) is 12.2 Å². The van der Waals surface area contributed by atoms with Crippen LogP contribution >= 0.6 is 11.3 Å². The van der Waals surface area contributed by atoms with Gasteiger partial charge in [-0.05, 0) is 26.7 Å². The van der Waals surface area contributed by atoms with E-state index in [0.717, 1.165) is 9.80 Å². The van der Waals surface area contributed by atoms with E-state index in [1.165, 1.54) is 46.9 Å². The van der Waals surface area contributed by atoms with Crippen molar-refractivity contribution in [3.63, 3.8) is 0 Å². The number of carbonyl (C=O) groups is 3. The van der Waals surface area contributed by atoms with Gasteiger partial charge in [-0.25, -0.2) is 24.7 Å². The van der Waals surface area contributed by atoms with Crippen LogP contribution in [0.2, 0.25) is 0 Å². The molecule has 2 aromatic rings. The third-order valence-electron chi connectivity index (χ3n) is 7.17. The molecule has 0 radical (unpaired) electrons. The number of likely N-dealkylation sites (N-methyl/N-ethyl adjacent to an activating group) is 1. The molecular formula is C25H26F3N9O3S. The van der Waals surface area contributed by atoms with Crippen LogP contribution in [0.5, 0.6) is 0 Å². The number of anilines is 2. The molecule has 2 aromatic heterocycles. The van der Waals surface area contributed by atoms with E-state index >= 15 is 0 Å². The van der Waals surface area contributed by atoms with Gasteiger partial charge in [-0.1, -0.05) is 5.92 Å². The smallest absolute Gasteiger partial charge is 0.335 e. The third-order valence-corrected chi connectivity index (χ3v) is 8.06. The maximum absolute atomic E-state index is 13.3. The number of rotatable bonds is 6. The van der Waals surface area contributed by atoms with Gasteiger partial charge < -0.3 is 20.0 Å². The number of carbonyl (C=O) groups excluding carboxylic acids is 3. The van der Waals surface area contributed by atoms with Crippen molar-refractivity contribution in [2.45, 2.75) is 57.2 Å². The highest BCUT2D eigenvalue weighted by atomic mass is 32.1. The van der Waals surface area contributed by atoms with Crippen LogP contribution in [-0.4, -0.2) is 104 Å². The zero-order valence-electron chi connectivity index (χ0n) is 22.3. The van der Waals surface area contributed by atoms with Crippen molar-refractivity contribution in [2.24, 2.45) is 4.99 Å². The van der Waals surface area contributed by atoms with Crippen LogP contribution in [0.1, 0.15) is 26.7 Å². The summed E-state index contributed by atoms with van der Waals surface area (Å²) in [7, 11) is 1.54. The van der Waals surface area contributed by atoms with Gasteiger partial charge in [-0.3, -0.25) is 14.5 Å². The summed E-state index contributed by atoms with van der Waals surface area (Å²) < 4.78 is 39.9. The van der Waals surface area contributed by atoms with E-state index in [0.29, 0.717) is 17.0 Å². The van der Waals surface area contributed by atoms with Gasteiger partial charge in [-0.2, -0.15) is 13.2 Å². The number of hydrogen-bond acceptors (Lipinski definition) is 10. The lowest BCUT2D eigenvalue weighted by Crippen LogP contribution is -2.66. The Morgan fingerprint density at radius 2 is 2.00 bits per heavy atom. The zero-order chi connectivity index (χ0) is 29.5. The van der Waals surface area contributed by atoms with Crippen LogP contribution < -0.4 is 10.2 Å². The number of urea groups is 1. The van der Waals surface area contributed by atoms with Gasteiger partial charge in [0.2, 0.25) is 11.9 Å². The Morgan fingerprint density at radius 1 is 1.27 bits per heavy atom. The zero-order valence-corrected chi connectivity index (χ0v) is 23.1. The minimum Gasteiger partial charge on any atom is -0.335 e. The molecule has 41 heavy (non-hydrogen) atoms. The van der Waals surface area contributed by atoms with E-state index in [-0.39, 0.29) is 31.3 Å². The second-order valence-electron chi connectivity index (χ2n) is 9.68. The number of alkyl halides is 3. The van der Waals surface area contributed by atoms with Crippen LogP contribution in [0.4, 0.5) is 29.7 Å². The topological polar surface area (TPSA) is 127 Å². The molecule has 2 fully saturated rings. The summed E-state index contributed by atoms with van der Waals surface area (Å²) in [5.41, 5.74) is 0.486. The number of aromatic nitrogens is 3. The van der Waals surface area contributed by atoms with Crippen LogP contribution in [0.3, 0.4) is 0 Å². The molecule has 16 heteroatoms. The third kappa shape index (κ3) is 5.29. The van der Waals surface area contributed by atoms with Crippen molar-refractivity contribution in [1.82, 2.24) is 29.7 Å². The van der Waals surface area contributed by atoms with Crippen molar-refractivity contribution in [1.29, 1.82) is 0 Å². The molecule has 0 aromatic carbocycles. The van der Waals surface area contributed by atoms with Gasteiger partial charge in [0.05, 0.1) is 12.9 Å². The highest BCUT2D eigenvalue weighted by Crippen LogP contribution is 2.35. The Hall–Kier alpha value is -4.26. The van der Waals surface area contributed by atoms with E-state index < -0.39 is 48.3 Å². The average molecular weight is 590 g/mol. The molecule has 4 atom stereocenters. The van der Waals surface area contributed by atoms with Gasteiger partial charge in [0.1, 0.15) is 22.9 Å². The first-order valence-corrected chi connectivity index (χ1v) is 13.6. The predicted octanol–water partition coefficient (Wildman–Crippen LogP) is 2.41. The second kappa shape index (κ2) is 11.0. The fourth-order valence-electron chi connectivity index (χ4n) is 4.98. The Morgan fingerprint density at radius 3 is 2.68 bits per heavy atom. The van der Waals surface area contributed by atoms with Gasteiger partial charge in [-0.15, -0.1) is 17.3 Å². The normalized spacial score (nSPS) is 23.0. The fraction of sp³-hybridized carbons (Fsp3) is 0.480. The van der Waals surface area contributed by atoms with E-state index in [1.807, 2.05) is 0 Å². The number of fused-ring (bicyclic) bond motifs is 1. The molecule has 12 nitrogen and oxygen atoms in total. The van der Waals surface area contributed by atoms with Crippen LogP contribution in [0.15, 0.2) is 22.8 Å². The lowest BCUT2D eigenvalue weighted by molar-refractivity contribution is -0.146. The summed E-state index contributed by atoms with van der Waals surface area (Å²) in [5, 5.41) is 4.79. The maximum Gasteiger partial charge on any atom is 0.408 e. The SMILES string of the molecule is CC#CCN1C(=O)C2C(N=CN2[C@@H](C)C(=O)Nc2csc(-c3cnc(N4CCC[C@@H]4C(F)(F)F)nc3)n2)N(C)C1=O. The molecule has 0 aliphatic carbocycles. The summed E-state index contributed by atoms with van der Waals surface area (Å²) in [5.74, 6) is 4.69. The molecule has 3 aliphatic rings. The minimum atomic E-state index is -4.36. The second-order valence-corrected chi connectivity index (χ2v) is 10.5. The Bertz CT molecular complexity index is 1440. The van der Waals surface area contributed by atoms with Gasteiger partial charge in [0, 0.05) is 36.9 Å². The van der Waals surface area contributed by atoms with Crippen molar-refractivity contribution in [3.05, 3.63) is 17.8 Å². The number of nitrogens with zero attached hydrogens (tertiary/aromatic N) is 8. The first kappa shape index (κ1) is 28.3. The quantitative estimate of drug-likeness (QED) is 0.509. The summed E-state index contributed by atoms with van der Waals surface area (Å²) in [6.45, 7) is 3.37. The predicted molar refractivity (Wildman–Crippen MR) is 144 cm³/mol. The number of imide groups is 1. The number of halogens is 3. The molecule has 216 valence electrons. The largest absolute Gasteiger partial charge is 0.408 e. The van der Waals surface area contributed by atoms with Crippen LogP contribution in [-0.2, 0) is 9.59 Å². The lowest BCUT2D eigenvalue weighted by Gasteiger charge is -2.41. The van der Waals surface area contributed by atoms with Crippen molar-refractivity contribution < 1.29 is 27.6 Å². The average Bonchev–Trinajstić information content (AvgIpc) is 3.71. The number of hydrogen-bond donors (Lipinski definition) is 1. The molecule has 0 spiro atoms. The van der Waals surface area contributed by atoms with Gasteiger partial charge >= 0.3 is 12.2 Å². The van der Waals surface area contributed by atoms with E-state index in [2.05, 4.69) is 37.1 Å². The van der Waals surface area contributed by atoms with Crippen LogP contribution in [0, 0.1) is 11.8 Å². The highest BCUT2D eigenvalue weighted by Gasteiger charge is 2.51. The molecular weight excluding hydrogens is 563 g/mol. The highest BCUT2D eigenvalue weighted by molar-refractivity contribution is 7.13. The molecule has 5 rings (SSSR count). The summed E-state index contributed by atoms with van der Waals surface area (Å²) in [6.07, 6.45) is -0.514. The minimum absolute atomic E-state index is 0.00203. The summed E-state index contributed by atoms with van der Waals surface area (Å²) in [4.78, 5) is 60.9. The monoisotopic (exact) mass is 589 g/mol. The summed E-state index contributed by atoms with van der Waals surface area (Å²) >= 11 is 1.20. The Balaban J connectivity index is 1.25. The summed E-state index contributed by atoms with van der Waals surface area (Å²) in [6, 6.07) is -3.84. The first-order valence-electron chi connectivity index (χ1n) is 12.7. The number of amides is 4. The van der Waals surface area contributed by atoms with E-state index in [4.69, 9.17) is 0 Å². The number of aliphatic imine (C=N–C) groups is 1. The van der Waals surface area contributed by atoms with Crippen molar-refractivity contribution in [3.8, 4) is 22.4 Å². The van der Waals surface area contributed by atoms with Gasteiger partial charge in [0.25, 0.3) is 5.91 Å². The molecule has 1 N–H and O–H groups in total.